The number of nitro benzene ring substituents is 1. The molecule has 23 heavy (non-hydrogen) atoms. The summed E-state index contributed by atoms with van der Waals surface area (Å²) in [6, 6.07) is 10.2. The molecule has 1 aliphatic heterocycles. The summed E-state index contributed by atoms with van der Waals surface area (Å²) in [5, 5.41) is 20.0. The van der Waals surface area contributed by atoms with Crippen LogP contribution in [0, 0.1) is 28.4 Å². The van der Waals surface area contributed by atoms with Crippen molar-refractivity contribution < 1.29 is 14.1 Å². The monoisotopic (exact) mass is 313 g/mol. The highest BCUT2D eigenvalue weighted by atomic mass is 16.6. The Labute approximate surface area is 132 Å². The highest BCUT2D eigenvalue weighted by Crippen LogP contribution is 2.30. The molecule has 7 heteroatoms. The molecule has 1 saturated heterocycles. The van der Waals surface area contributed by atoms with Crippen LogP contribution in [-0.2, 0) is 4.74 Å². The molecule has 1 fully saturated rings. The number of morpholine rings is 1. The van der Waals surface area contributed by atoms with E-state index in [9.17, 15) is 10.1 Å². The van der Waals surface area contributed by atoms with Gasteiger partial charge in [-0.2, -0.15) is 5.26 Å². The quantitative estimate of drug-likeness (QED) is 0.639. The molecule has 0 unspecified atom stereocenters. The molecule has 0 spiro atoms. The maximum absolute atomic E-state index is 10.9. The molecule has 0 N–H and O–H groups in total. The van der Waals surface area contributed by atoms with Gasteiger partial charge in [-0.3, -0.25) is 10.1 Å². The van der Waals surface area contributed by atoms with Crippen LogP contribution >= 0.6 is 0 Å². The van der Waals surface area contributed by atoms with Gasteiger partial charge >= 0.3 is 0 Å². The number of ether oxygens (including phenoxy) is 1. The van der Waals surface area contributed by atoms with E-state index < -0.39 is 4.92 Å². The molecule has 1 atom stereocenters. The van der Waals surface area contributed by atoms with Crippen molar-refractivity contribution in [2.24, 2.45) is 0 Å². The lowest BCUT2D eigenvalue weighted by Gasteiger charge is -2.33. The van der Waals surface area contributed by atoms with Crippen molar-refractivity contribution >= 4 is 11.4 Å². The molecule has 0 radical (unpaired) electrons. The second kappa shape index (κ2) is 6.10. The van der Waals surface area contributed by atoms with Gasteiger partial charge < -0.3 is 14.1 Å². The zero-order valence-corrected chi connectivity index (χ0v) is 12.6. The van der Waals surface area contributed by atoms with Crippen LogP contribution in [0.4, 0.5) is 11.4 Å². The first-order valence-electron chi connectivity index (χ1n) is 7.20. The topological polar surface area (TPSA) is 92.5 Å². The second-order valence-electron chi connectivity index (χ2n) is 5.32. The minimum Gasteiger partial charge on any atom is -0.464 e. The van der Waals surface area contributed by atoms with Crippen LogP contribution in [-0.4, -0.2) is 24.6 Å². The van der Waals surface area contributed by atoms with E-state index >= 15 is 0 Å². The van der Waals surface area contributed by atoms with E-state index in [1.54, 1.807) is 12.1 Å². The Bertz CT molecular complexity index is 778. The molecule has 0 bridgehead atoms. The van der Waals surface area contributed by atoms with Crippen LogP contribution in [0.2, 0.25) is 0 Å². The Morgan fingerprint density at radius 1 is 1.39 bits per heavy atom. The lowest BCUT2D eigenvalue weighted by molar-refractivity contribution is -0.385. The largest absolute Gasteiger partial charge is 0.464 e. The molecule has 0 saturated carbocycles. The standard InChI is InChI=1S/C16H15N3O4/c1-11-2-5-15(23-11)16-10-18(6-7-22-16)13-3-4-14(19(20)21)12(8-13)9-17/h2-5,8,16H,6-7,10H2,1H3/t16-/m1/s1. The highest BCUT2D eigenvalue weighted by Gasteiger charge is 2.25. The number of anilines is 1. The van der Waals surface area contributed by atoms with Crippen molar-refractivity contribution in [3.05, 3.63) is 57.5 Å². The summed E-state index contributed by atoms with van der Waals surface area (Å²) in [6.45, 7) is 3.61. The average molecular weight is 313 g/mol. The van der Waals surface area contributed by atoms with E-state index in [-0.39, 0.29) is 17.4 Å². The third-order valence-electron chi connectivity index (χ3n) is 3.81. The van der Waals surface area contributed by atoms with Crippen molar-refractivity contribution in [2.45, 2.75) is 13.0 Å². The van der Waals surface area contributed by atoms with Gasteiger partial charge in [0.2, 0.25) is 0 Å². The van der Waals surface area contributed by atoms with Crippen molar-refractivity contribution in [1.82, 2.24) is 0 Å². The number of furan rings is 1. The fraction of sp³-hybridized carbons (Fsp3) is 0.312. The first-order valence-corrected chi connectivity index (χ1v) is 7.20. The summed E-state index contributed by atoms with van der Waals surface area (Å²) in [6.07, 6.45) is -0.196. The molecular formula is C16H15N3O4. The average Bonchev–Trinajstić information content (AvgIpc) is 3.01. The molecule has 0 aliphatic carbocycles. The van der Waals surface area contributed by atoms with Crippen molar-refractivity contribution in [3.8, 4) is 6.07 Å². The molecule has 118 valence electrons. The summed E-state index contributed by atoms with van der Waals surface area (Å²) < 4.78 is 11.3. The van der Waals surface area contributed by atoms with Gasteiger partial charge in [-0.05, 0) is 31.2 Å². The number of nitrogens with zero attached hydrogens (tertiary/aromatic N) is 3. The first-order chi connectivity index (χ1) is 11.1. The highest BCUT2D eigenvalue weighted by molar-refractivity contribution is 5.60. The summed E-state index contributed by atoms with van der Waals surface area (Å²) in [5.74, 6) is 1.58. The maximum atomic E-state index is 10.9. The van der Waals surface area contributed by atoms with E-state index in [1.807, 2.05) is 30.0 Å². The molecule has 3 rings (SSSR count). The molecule has 1 aromatic heterocycles. The van der Waals surface area contributed by atoms with E-state index in [2.05, 4.69) is 0 Å². The molecule has 1 aliphatic rings. The van der Waals surface area contributed by atoms with E-state index in [4.69, 9.17) is 14.4 Å². The summed E-state index contributed by atoms with van der Waals surface area (Å²) in [4.78, 5) is 12.4. The SMILES string of the molecule is Cc1ccc([C@H]2CN(c3ccc([N+](=O)[O-])c(C#N)c3)CCO2)o1. The first kappa shape index (κ1) is 15.1. The van der Waals surface area contributed by atoms with Crippen molar-refractivity contribution in [1.29, 1.82) is 5.26 Å². The van der Waals surface area contributed by atoms with Crippen LogP contribution in [0.3, 0.4) is 0 Å². The van der Waals surface area contributed by atoms with Gasteiger partial charge in [-0.25, -0.2) is 0 Å². The van der Waals surface area contributed by atoms with Gasteiger partial charge in [0.05, 0.1) is 18.1 Å². The summed E-state index contributed by atoms with van der Waals surface area (Å²) in [5.41, 5.74) is 0.649. The van der Waals surface area contributed by atoms with Gasteiger partial charge in [0.15, 0.2) is 0 Å². The van der Waals surface area contributed by atoms with Crippen molar-refractivity contribution in [3.63, 3.8) is 0 Å². The van der Waals surface area contributed by atoms with E-state index in [0.29, 0.717) is 19.7 Å². The Balaban J connectivity index is 1.84. The number of nitro groups is 1. The van der Waals surface area contributed by atoms with Crippen LogP contribution in [0.5, 0.6) is 0 Å². The predicted octanol–water partition coefficient (Wildman–Crippen LogP) is 2.95. The molecule has 7 nitrogen and oxygen atoms in total. The Morgan fingerprint density at radius 2 is 2.22 bits per heavy atom. The van der Waals surface area contributed by atoms with Gasteiger partial charge in [-0.15, -0.1) is 0 Å². The fourth-order valence-corrected chi connectivity index (χ4v) is 2.65. The normalized spacial score (nSPS) is 17.7. The predicted molar refractivity (Wildman–Crippen MR) is 82.2 cm³/mol. The Hall–Kier alpha value is -2.85. The van der Waals surface area contributed by atoms with Gasteiger partial charge in [0.1, 0.15) is 29.3 Å². The zero-order valence-electron chi connectivity index (χ0n) is 12.6. The lowest BCUT2D eigenvalue weighted by Crippen LogP contribution is -2.38. The minimum atomic E-state index is -0.546. The van der Waals surface area contributed by atoms with Crippen molar-refractivity contribution in [2.75, 3.05) is 24.6 Å². The molecule has 2 heterocycles. The van der Waals surface area contributed by atoms with Crippen LogP contribution in [0.15, 0.2) is 34.7 Å². The zero-order chi connectivity index (χ0) is 16.4. The Morgan fingerprint density at radius 3 is 2.87 bits per heavy atom. The third-order valence-corrected chi connectivity index (χ3v) is 3.81. The minimum absolute atomic E-state index is 0.0596. The van der Waals surface area contributed by atoms with Crippen LogP contribution in [0.25, 0.3) is 0 Å². The van der Waals surface area contributed by atoms with Gasteiger partial charge in [0, 0.05) is 18.3 Å². The smallest absolute Gasteiger partial charge is 0.287 e. The van der Waals surface area contributed by atoms with Crippen LogP contribution < -0.4 is 4.90 Å². The lowest BCUT2D eigenvalue weighted by atomic mass is 10.1. The number of hydrogen-bond acceptors (Lipinski definition) is 6. The number of benzene rings is 1. The maximum Gasteiger partial charge on any atom is 0.287 e. The van der Waals surface area contributed by atoms with E-state index in [1.165, 1.54) is 6.07 Å². The molecule has 2 aromatic rings. The fourth-order valence-electron chi connectivity index (χ4n) is 2.65. The third kappa shape index (κ3) is 3.03. The number of hydrogen-bond donors (Lipinski definition) is 0. The summed E-state index contributed by atoms with van der Waals surface area (Å²) in [7, 11) is 0. The molecular weight excluding hydrogens is 298 g/mol. The number of aryl methyl sites for hydroxylation is 1. The number of nitriles is 1. The second-order valence-corrected chi connectivity index (χ2v) is 5.32. The molecule has 0 amide bonds. The molecule has 1 aromatic carbocycles. The Kier molecular flexibility index (Phi) is 4.00. The van der Waals surface area contributed by atoms with E-state index in [0.717, 1.165) is 17.2 Å². The summed E-state index contributed by atoms with van der Waals surface area (Å²) >= 11 is 0. The van der Waals surface area contributed by atoms with Gasteiger partial charge in [0.25, 0.3) is 5.69 Å². The van der Waals surface area contributed by atoms with Crippen LogP contribution in [0.1, 0.15) is 23.2 Å². The number of rotatable bonds is 3. The van der Waals surface area contributed by atoms with Gasteiger partial charge in [-0.1, -0.05) is 0 Å².